The molecular weight excluding hydrogens is 200 g/mol. The molecule has 0 radical (unpaired) electrons. The van der Waals surface area contributed by atoms with Crippen LogP contribution in [-0.4, -0.2) is 50.3 Å². The number of hydrogen-bond acceptors (Lipinski definition) is 3. The van der Waals surface area contributed by atoms with Gasteiger partial charge in [-0.1, -0.05) is 13.8 Å². The molecule has 0 aromatic heterocycles. The second-order valence-electron chi connectivity index (χ2n) is 4.48. The number of ether oxygens (including phenoxy) is 1. The summed E-state index contributed by atoms with van der Waals surface area (Å²) in [5.41, 5.74) is 0. The summed E-state index contributed by atoms with van der Waals surface area (Å²) in [4.78, 5) is 2.60. The SMILES string of the molecule is CC.CC(C1CCNCC1)N1CCOCC1. The lowest BCUT2D eigenvalue weighted by molar-refractivity contribution is 0.00376. The largest absolute Gasteiger partial charge is 0.379 e. The lowest BCUT2D eigenvalue weighted by Gasteiger charge is -2.38. The fourth-order valence-electron chi connectivity index (χ4n) is 2.61. The summed E-state index contributed by atoms with van der Waals surface area (Å²) >= 11 is 0. The first kappa shape index (κ1) is 13.9. The van der Waals surface area contributed by atoms with E-state index in [0.29, 0.717) is 0 Å². The Labute approximate surface area is 101 Å². The average Bonchev–Trinajstić information content (AvgIpc) is 2.42. The third-order valence-electron chi connectivity index (χ3n) is 3.69. The van der Waals surface area contributed by atoms with Gasteiger partial charge in [0.15, 0.2) is 0 Å². The van der Waals surface area contributed by atoms with Gasteiger partial charge in [0.05, 0.1) is 13.2 Å². The molecule has 3 nitrogen and oxygen atoms in total. The van der Waals surface area contributed by atoms with Crippen molar-refractivity contribution in [2.24, 2.45) is 5.92 Å². The molecule has 0 aromatic carbocycles. The highest BCUT2D eigenvalue weighted by molar-refractivity contribution is 4.80. The highest BCUT2D eigenvalue weighted by atomic mass is 16.5. The van der Waals surface area contributed by atoms with Crippen molar-refractivity contribution >= 4 is 0 Å². The van der Waals surface area contributed by atoms with Gasteiger partial charge in [0.25, 0.3) is 0 Å². The minimum absolute atomic E-state index is 0.751. The maximum absolute atomic E-state index is 5.38. The number of hydrogen-bond donors (Lipinski definition) is 1. The predicted octanol–water partition coefficient (Wildman–Crippen LogP) is 1.73. The van der Waals surface area contributed by atoms with Crippen LogP contribution >= 0.6 is 0 Å². The zero-order valence-corrected chi connectivity index (χ0v) is 11.2. The molecule has 16 heavy (non-hydrogen) atoms. The maximum atomic E-state index is 5.38. The van der Waals surface area contributed by atoms with Crippen molar-refractivity contribution in [1.29, 1.82) is 0 Å². The molecule has 0 aliphatic carbocycles. The third kappa shape index (κ3) is 4.04. The van der Waals surface area contributed by atoms with E-state index in [4.69, 9.17) is 4.74 Å². The second-order valence-corrected chi connectivity index (χ2v) is 4.48. The van der Waals surface area contributed by atoms with Gasteiger partial charge in [-0.25, -0.2) is 0 Å². The van der Waals surface area contributed by atoms with Crippen LogP contribution < -0.4 is 5.32 Å². The first-order valence-corrected chi connectivity index (χ1v) is 6.90. The quantitative estimate of drug-likeness (QED) is 0.779. The van der Waals surface area contributed by atoms with Gasteiger partial charge in [0.1, 0.15) is 0 Å². The average molecular weight is 228 g/mol. The van der Waals surface area contributed by atoms with Gasteiger partial charge in [0, 0.05) is 19.1 Å². The van der Waals surface area contributed by atoms with Crippen LogP contribution in [0.15, 0.2) is 0 Å². The van der Waals surface area contributed by atoms with Gasteiger partial charge < -0.3 is 10.1 Å². The molecule has 2 aliphatic rings. The summed E-state index contributed by atoms with van der Waals surface area (Å²) in [6.45, 7) is 12.9. The van der Waals surface area contributed by atoms with E-state index in [1.165, 1.54) is 25.9 Å². The van der Waals surface area contributed by atoms with E-state index in [2.05, 4.69) is 17.1 Å². The van der Waals surface area contributed by atoms with E-state index in [1.54, 1.807) is 0 Å². The van der Waals surface area contributed by atoms with Crippen molar-refractivity contribution < 1.29 is 4.74 Å². The number of nitrogens with zero attached hydrogens (tertiary/aromatic N) is 1. The highest BCUT2D eigenvalue weighted by Crippen LogP contribution is 2.21. The van der Waals surface area contributed by atoms with E-state index in [0.717, 1.165) is 38.3 Å². The van der Waals surface area contributed by atoms with E-state index in [-0.39, 0.29) is 0 Å². The van der Waals surface area contributed by atoms with E-state index in [1.807, 2.05) is 13.8 Å². The van der Waals surface area contributed by atoms with E-state index < -0.39 is 0 Å². The first-order valence-electron chi connectivity index (χ1n) is 6.90. The Kier molecular flexibility index (Phi) is 7.01. The minimum Gasteiger partial charge on any atom is -0.379 e. The topological polar surface area (TPSA) is 24.5 Å². The molecule has 2 fully saturated rings. The van der Waals surface area contributed by atoms with Crippen molar-refractivity contribution in [2.75, 3.05) is 39.4 Å². The normalized spacial score (nSPS) is 25.7. The van der Waals surface area contributed by atoms with Crippen LogP contribution in [0.2, 0.25) is 0 Å². The fraction of sp³-hybridized carbons (Fsp3) is 1.00. The molecule has 96 valence electrons. The molecule has 2 heterocycles. The van der Waals surface area contributed by atoms with Crippen molar-refractivity contribution in [2.45, 2.75) is 39.7 Å². The summed E-state index contributed by atoms with van der Waals surface area (Å²) in [5.74, 6) is 0.898. The van der Waals surface area contributed by atoms with Gasteiger partial charge in [-0.15, -0.1) is 0 Å². The molecule has 2 rings (SSSR count). The Morgan fingerprint density at radius 3 is 2.25 bits per heavy atom. The van der Waals surface area contributed by atoms with Gasteiger partial charge in [-0.05, 0) is 38.8 Å². The molecule has 1 unspecified atom stereocenters. The number of piperidine rings is 1. The lowest BCUT2D eigenvalue weighted by atomic mass is 9.90. The molecule has 1 atom stereocenters. The second kappa shape index (κ2) is 8.04. The zero-order valence-electron chi connectivity index (χ0n) is 11.2. The van der Waals surface area contributed by atoms with Crippen molar-refractivity contribution in [3.63, 3.8) is 0 Å². The summed E-state index contributed by atoms with van der Waals surface area (Å²) in [6.07, 6.45) is 2.69. The Morgan fingerprint density at radius 1 is 1.12 bits per heavy atom. The lowest BCUT2D eigenvalue weighted by Crippen LogP contribution is -2.47. The molecule has 0 bridgehead atoms. The van der Waals surface area contributed by atoms with E-state index in [9.17, 15) is 0 Å². The standard InChI is InChI=1S/C11H22N2O.C2H6/c1-10(11-2-4-12-5-3-11)13-6-8-14-9-7-13;1-2/h10-12H,2-9H2,1H3;1-2H3. The summed E-state index contributed by atoms with van der Waals surface area (Å²) in [5, 5.41) is 3.43. The Balaban J connectivity index is 0.000000606. The van der Waals surface area contributed by atoms with Gasteiger partial charge >= 0.3 is 0 Å². The fourth-order valence-corrected chi connectivity index (χ4v) is 2.61. The number of rotatable bonds is 2. The van der Waals surface area contributed by atoms with Crippen molar-refractivity contribution in [3.05, 3.63) is 0 Å². The maximum Gasteiger partial charge on any atom is 0.0594 e. The summed E-state index contributed by atoms with van der Waals surface area (Å²) < 4.78 is 5.38. The molecule has 2 aliphatic heterocycles. The van der Waals surface area contributed by atoms with E-state index >= 15 is 0 Å². The molecule has 0 saturated carbocycles. The highest BCUT2D eigenvalue weighted by Gasteiger charge is 2.25. The van der Waals surface area contributed by atoms with Crippen LogP contribution in [0.5, 0.6) is 0 Å². The Hall–Kier alpha value is -0.120. The van der Waals surface area contributed by atoms with Gasteiger partial charge in [0.2, 0.25) is 0 Å². The van der Waals surface area contributed by atoms with Crippen LogP contribution in [0.25, 0.3) is 0 Å². The first-order chi connectivity index (χ1) is 7.88. The van der Waals surface area contributed by atoms with Crippen molar-refractivity contribution in [1.82, 2.24) is 10.2 Å². The molecular formula is C13H28N2O. The molecule has 0 amide bonds. The van der Waals surface area contributed by atoms with Gasteiger partial charge in [-0.3, -0.25) is 4.90 Å². The molecule has 0 aromatic rings. The van der Waals surface area contributed by atoms with Crippen LogP contribution in [-0.2, 0) is 4.74 Å². The van der Waals surface area contributed by atoms with Crippen molar-refractivity contribution in [3.8, 4) is 0 Å². The predicted molar refractivity (Wildman–Crippen MR) is 68.8 cm³/mol. The van der Waals surface area contributed by atoms with Crippen LogP contribution in [0.4, 0.5) is 0 Å². The summed E-state index contributed by atoms with van der Waals surface area (Å²) in [6, 6.07) is 0.751. The summed E-state index contributed by atoms with van der Waals surface area (Å²) in [7, 11) is 0. The minimum atomic E-state index is 0.751. The van der Waals surface area contributed by atoms with Crippen LogP contribution in [0, 0.1) is 5.92 Å². The number of morpholine rings is 1. The Morgan fingerprint density at radius 2 is 1.69 bits per heavy atom. The van der Waals surface area contributed by atoms with Gasteiger partial charge in [-0.2, -0.15) is 0 Å². The van der Waals surface area contributed by atoms with Crippen LogP contribution in [0.3, 0.4) is 0 Å². The monoisotopic (exact) mass is 228 g/mol. The number of nitrogens with one attached hydrogen (secondary N) is 1. The Bertz CT molecular complexity index is 145. The molecule has 3 heteroatoms. The van der Waals surface area contributed by atoms with Crippen LogP contribution in [0.1, 0.15) is 33.6 Å². The zero-order chi connectivity index (χ0) is 11.8. The molecule has 0 spiro atoms. The molecule has 2 saturated heterocycles. The molecule has 1 N–H and O–H groups in total. The third-order valence-corrected chi connectivity index (χ3v) is 3.69. The smallest absolute Gasteiger partial charge is 0.0594 e.